The van der Waals surface area contributed by atoms with Crippen molar-refractivity contribution in [3.05, 3.63) is 22.8 Å². The molecule has 0 aliphatic heterocycles. The second kappa shape index (κ2) is 6.10. The lowest BCUT2D eigenvalue weighted by molar-refractivity contribution is -0.138. The first-order valence-electron chi connectivity index (χ1n) is 5.44. The number of alkyl halides is 3. The third-order valence-electron chi connectivity index (χ3n) is 2.27. The molecule has 0 fully saturated rings. The van der Waals surface area contributed by atoms with Gasteiger partial charge in [0.15, 0.2) is 0 Å². The first-order chi connectivity index (χ1) is 8.73. The van der Waals surface area contributed by atoms with Crippen LogP contribution in [0.2, 0.25) is 5.02 Å². The summed E-state index contributed by atoms with van der Waals surface area (Å²) in [7, 11) is 1.60. The molecule has 106 valence electrons. The highest BCUT2D eigenvalue weighted by molar-refractivity contribution is 6.33. The predicted molar refractivity (Wildman–Crippen MR) is 66.4 cm³/mol. The summed E-state index contributed by atoms with van der Waals surface area (Å²) in [6, 6.07) is 0.340. The van der Waals surface area contributed by atoms with Gasteiger partial charge in [0.25, 0.3) is 5.91 Å². The van der Waals surface area contributed by atoms with Gasteiger partial charge in [0.2, 0.25) is 0 Å². The minimum atomic E-state index is -4.33. The summed E-state index contributed by atoms with van der Waals surface area (Å²) >= 11 is 5.79. The molecule has 1 unspecified atom stereocenters. The van der Waals surface area contributed by atoms with Gasteiger partial charge in [-0.15, -0.1) is 0 Å². The topological polar surface area (TPSA) is 54.0 Å². The van der Waals surface area contributed by atoms with Gasteiger partial charge in [-0.1, -0.05) is 11.6 Å². The van der Waals surface area contributed by atoms with Crippen LogP contribution in [0.5, 0.6) is 0 Å². The second-order valence-corrected chi connectivity index (χ2v) is 4.40. The molecular weight excluding hydrogens is 283 g/mol. The predicted octanol–water partition coefficient (Wildman–Crippen LogP) is 2.85. The van der Waals surface area contributed by atoms with E-state index in [-0.39, 0.29) is 10.6 Å². The average Bonchev–Trinajstić information content (AvgIpc) is 2.26. The molecule has 1 aromatic heterocycles. The normalized spacial score (nSPS) is 12.9. The van der Waals surface area contributed by atoms with Crippen molar-refractivity contribution < 1.29 is 18.0 Å². The van der Waals surface area contributed by atoms with E-state index in [4.69, 9.17) is 11.6 Å². The quantitative estimate of drug-likeness (QED) is 0.898. The number of carbonyl (C=O) groups excluding carboxylic acids is 1. The van der Waals surface area contributed by atoms with Gasteiger partial charge in [0.05, 0.1) is 17.0 Å². The van der Waals surface area contributed by atoms with Gasteiger partial charge in [-0.05, 0) is 13.0 Å². The molecule has 4 nitrogen and oxygen atoms in total. The fourth-order valence-corrected chi connectivity index (χ4v) is 1.64. The number of aromatic nitrogens is 1. The number of halogens is 4. The first-order valence-corrected chi connectivity index (χ1v) is 5.81. The first kappa shape index (κ1) is 15.6. The standard InChI is InChI=1S/C11H13ClF3N3O/c1-6(4-11(13,14)15)18-10(19)7-3-9(16-2)17-5-8(7)12/h3,5-6H,4H2,1-2H3,(H,16,17)(H,18,19). The number of nitrogens with one attached hydrogen (secondary N) is 2. The van der Waals surface area contributed by atoms with Gasteiger partial charge in [-0.3, -0.25) is 4.79 Å². The van der Waals surface area contributed by atoms with Gasteiger partial charge in [-0.2, -0.15) is 13.2 Å². The van der Waals surface area contributed by atoms with E-state index in [2.05, 4.69) is 15.6 Å². The van der Waals surface area contributed by atoms with Crippen molar-refractivity contribution in [1.29, 1.82) is 0 Å². The molecule has 1 amide bonds. The van der Waals surface area contributed by atoms with Gasteiger partial charge in [0, 0.05) is 19.3 Å². The zero-order valence-electron chi connectivity index (χ0n) is 10.3. The van der Waals surface area contributed by atoms with Crippen molar-refractivity contribution in [2.24, 2.45) is 0 Å². The van der Waals surface area contributed by atoms with E-state index in [1.165, 1.54) is 19.2 Å². The summed E-state index contributed by atoms with van der Waals surface area (Å²) in [6.45, 7) is 1.28. The Morgan fingerprint density at radius 1 is 1.53 bits per heavy atom. The smallest absolute Gasteiger partial charge is 0.373 e. The number of amides is 1. The highest BCUT2D eigenvalue weighted by Gasteiger charge is 2.30. The Morgan fingerprint density at radius 2 is 2.16 bits per heavy atom. The number of pyridine rings is 1. The van der Waals surface area contributed by atoms with Crippen LogP contribution >= 0.6 is 11.6 Å². The van der Waals surface area contributed by atoms with Crippen molar-refractivity contribution in [2.75, 3.05) is 12.4 Å². The Balaban J connectivity index is 2.78. The molecule has 0 bridgehead atoms. The maximum atomic E-state index is 12.2. The minimum absolute atomic E-state index is 0.0787. The third-order valence-corrected chi connectivity index (χ3v) is 2.57. The number of hydrogen-bond acceptors (Lipinski definition) is 3. The summed E-state index contributed by atoms with van der Waals surface area (Å²) < 4.78 is 36.5. The van der Waals surface area contributed by atoms with Crippen LogP contribution in [-0.4, -0.2) is 30.2 Å². The Bertz CT molecular complexity index is 465. The molecule has 0 aromatic carbocycles. The van der Waals surface area contributed by atoms with E-state index in [0.29, 0.717) is 5.82 Å². The van der Waals surface area contributed by atoms with Crippen LogP contribution in [0.1, 0.15) is 23.7 Å². The van der Waals surface area contributed by atoms with Gasteiger partial charge in [0.1, 0.15) is 5.82 Å². The molecule has 1 atom stereocenters. The molecule has 1 heterocycles. The minimum Gasteiger partial charge on any atom is -0.373 e. The fraction of sp³-hybridized carbons (Fsp3) is 0.455. The van der Waals surface area contributed by atoms with Gasteiger partial charge >= 0.3 is 6.18 Å². The molecule has 1 aromatic rings. The summed E-state index contributed by atoms with van der Waals surface area (Å²) in [5.41, 5.74) is 0.0787. The lowest BCUT2D eigenvalue weighted by atomic mass is 10.2. The van der Waals surface area contributed by atoms with Crippen LogP contribution in [-0.2, 0) is 0 Å². The second-order valence-electron chi connectivity index (χ2n) is 3.99. The number of rotatable bonds is 4. The largest absolute Gasteiger partial charge is 0.391 e. The van der Waals surface area contributed by atoms with E-state index in [9.17, 15) is 18.0 Å². The van der Waals surface area contributed by atoms with Crippen LogP contribution in [0.25, 0.3) is 0 Å². The third kappa shape index (κ3) is 4.94. The van der Waals surface area contributed by atoms with E-state index in [0.717, 1.165) is 0 Å². The average molecular weight is 296 g/mol. The van der Waals surface area contributed by atoms with Crippen molar-refractivity contribution in [3.63, 3.8) is 0 Å². The van der Waals surface area contributed by atoms with Crippen molar-refractivity contribution >= 4 is 23.3 Å². The molecule has 8 heteroatoms. The van der Waals surface area contributed by atoms with E-state index >= 15 is 0 Å². The Labute approximate surface area is 113 Å². The van der Waals surface area contributed by atoms with Gasteiger partial charge in [-0.25, -0.2) is 4.98 Å². The maximum absolute atomic E-state index is 12.2. The van der Waals surface area contributed by atoms with Crippen molar-refractivity contribution in [1.82, 2.24) is 10.3 Å². The lowest BCUT2D eigenvalue weighted by Gasteiger charge is -2.16. The van der Waals surface area contributed by atoms with Crippen LogP contribution in [0, 0.1) is 0 Å². The summed E-state index contributed by atoms with van der Waals surface area (Å²) in [4.78, 5) is 15.7. The van der Waals surface area contributed by atoms with E-state index in [1.807, 2.05) is 0 Å². The highest BCUT2D eigenvalue weighted by atomic mass is 35.5. The molecule has 0 saturated heterocycles. The number of nitrogens with zero attached hydrogens (tertiary/aromatic N) is 1. The van der Waals surface area contributed by atoms with E-state index in [1.54, 1.807) is 7.05 Å². The Hall–Kier alpha value is -1.50. The number of carbonyl (C=O) groups is 1. The maximum Gasteiger partial charge on any atom is 0.391 e. The van der Waals surface area contributed by atoms with Crippen LogP contribution in [0.3, 0.4) is 0 Å². The lowest BCUT2D eigenvalue weighted by Crippen LogP contribution is -2.36. The molecule has 0 aliphatic rings. The van der Waals surface area contributed by atoms with Crippen molar-refractivity contribution in [3.8, 4) is 0 Å². The SMILES string of the molecule is CNc1cc(C(=O)NC(C)CC(F)(F)F)c(Cl)cn1. The number of hydrogen-bond donors (Lipinski definition) is 2. The van der Waals surface area contributed by atoms with Gasteiger partial charge < -0.3 is 10.6 Å². The van der Waals surface area contributed by atoms with Crippen molar-refractivity contribution in [2.45, 2.75) is 25.6 Å². The number of anilines is 1. The molecule has 0 saturated carbocycles. The van der Waals surface area contributed by atoms with Crippen LogP contribution < -0.4 is 10.6 Å². The highest BCUT2D eigenvalue weighted by Crippen LogP contribution is 2.22. The van der Waals surface area contributed by atoms with E-state index < -0.39 is 24.5 Å². The molecule has 19 heavy (non-hydrogen) atoms. The molecule has 0 spiro atoms. The Kier molecular flexibility index (Phi) is 4.99. The van der Waals surface area contributed by atoms with Crippen LogP contribution in [0.15, 0.2) is 12.3 Å². The molecule has 0 radical (unpaired) electrons. The Morgan fingerprint density at radius 3 is 2.68 bits per heavy atom. The molecule has 0 aliphatic carbocycles. The monoisotopic (exact) mass is 295 g/mol. The molecule has 1 rings (SSSR count). The molecular formula is C11H13ClF3N3O. The zero-order chi connectivity index (χ0) is 14.6. The fourth-order valence-electron chi connectivity index (χ4n) is 1.45. The summed E-state index contributed by atoms with van der Waals surface area (Å²) in [6.07, 6.45) is -4.16. The zero-order valence-corrected chi connectivity index (χ0v) is 11.1. The summed E-state index contributed by atoms with van der Waals surface area (Å²) in [5.74, 6) is -0.265. The molecule has 2 N–H and O–H groups in total. The van der Waals surface area contributed by atoms with Crippen LogP contribution in [0.4, 0.5) is 19.0 Å². The summed E-state index contributed by atoms with van der Waals surface area (Å²) in [5, 5.41) is 5.04.